The van der Waals surface area contributed by atoms with E-state index in [4.69, 9.17) is 0 Å². The fraction of sp³-hybridized carbons (Fsp3) is 0.538. The van der Waals surface area contributed by atoms with Gasteiger partial charge in [0.25, 0.3) is 0 Å². The standard InChI is InChI=1S/C13H16F2O/c14-10-5-6-11(12(15)8-10)13(16)7-9-3-1-2-4-9/h5-6,8-9,13,16H,1-4,7H2. The topological polar surface area (TPSA) is 20.2 Å². The molecule has 0 heterocycles. The van der Waals surface area contributed by atoms with Crippen LogP contribution in [0.2, 0.25) is 0 Å². The second kappa shape index (κ2) is 4.91. The van der Waals surface area contributed by atoms with Gasteiger partial charge in [0.2, 0.25) is 0 Å². The summed E-state index contributed by atoms with van der Waals surface area (Å²) in [6, 6.07) is 3.35. The molecule has 3 heteroatoms. The minimum atomic E-state index is -0.802. The van der Waals surface area contributed by atoms with E-state index in [0.29, 0.717) is 12.3 Å². The molecule has 0 bridgehead atoms. The summed E-state index contributed by atoms with van der Waals surface area (Å²) in [6.07, 6.45) is 4.40. The Kier molecular flexibility index (Phi) is 3.54. The lowest BCUT2D eigenvalue weighted by atomic mass is 9.95. The van der Waals surface area contributed by atoms with Crippen molar-refractivity contribution >= 4 is 0 Å². The maximum atomic E-state index is 13.4. The second-order valence-corrected chi connectivity index (χ2v) is 4.57. The zero-order valence-corrected chi connectivity index (χ0v) is 9.13. The van der Waals surface area contributed by atoms with E-state index >= 15 is 0 Å². The third kappa shape index (κ3) is 2.59. The van der Waals surface area contributed by atoms with Crippen molar-refractivity contribution in [1.82, 2.24) is 0 Å². The van der Waals surface area contributed by atoms with Crippen LogP contribution in [0.25, 0.3) is 0 Å². The predicted molar refractivity (Wildman–Crippen MR) is 57.9 cm³/mol. The molecule has 1 nitrogen and oxygen atoms in total. The van der Waals surface area contributed by atoms with Crippen LogP contribution in [-0.4, -0.2) is 5.11 Å². The molecule has 88 valence electrons. The summed E-state index contributed by atoms with van der Waals surface area (Å²) in [4.78, 5) is 0. The van der Waals surface area contributed by atoms with Gasteiger partial charge in [0.05, 0.1) is 6.10 Å². The highest BCUT2D eigenvalue weighted by Gasteiger charge is 2.21. The van der Waals surface area contributed by atoms with Crippen molar-refractivity contribution < 1.29 is 13.9 Å². The fourth-order valence-corrected chi connectivity index (χ4v) is 2.46. The van der Waals surface area contributed by atoms with Gasteiger partial charge in [-0.15, -0.1) is 0 Å². The number of hydrogen-bond acceptors (Lipinski definition) is 1. The average Bonchev–Trinajstić information content (AvgIpc) is 2.70. The van der Waals surface area contributed by atoms with Gasteiger partial charge < -0.3 is 5.11 Å². The number of halogens is 2. The van der Waals surface area contributed by atoms with Crippen LogP contribution in [0.15, 0.2) is 18.2 Å². The number of rotatable bonds is 3. The highest BCUT2D eigenvalue weighted by atomic mass is 19.1. The normalized spacial score (nSPS) is 18.9. The van der Waals surface area contributed by atoms with Gasteiger partial charge in [-0.1, -0.05) is 31.7 Å². The Bertz CT molecular complexity index is 359. The number of aliphatic hydroxyl groups is 1. The average molecular weight is 226 g/mol. The monoisotopic (exact) mass is 226 g/mol. The molecule has 16 heavy (non-hydrogen) atoms. The van der Waals surface area contributed by atoms with Crippen LogP contribution >= 0.6 is 0 Å². The number of aliphatic hydroxyl groups excluding tert-OH is 1. The van der Waals surface area contributed by atoms with E-state index in [-0.39, 0.29) is 5.56 Å². The van der Waals surface area contributed by atoms with Crippen molar-refractivity contribution in [2.45, 2.75) is 38.2 Å². The molecule has 1 aromatic rings. The quantitative estimate of drug-likeness (QED) is 0.835. The summed E-state index contributed by atoms with van der Waals surface area (Å²) in [5, 5.41) is 9.89. The Morgan fingerprint density at radius 2 is 1.94 bits per heavy atom. The molecule has 1 unspecified atom stereocenters. The van der Waals surface area contributed by atoms with Gasteiger partial charge >= 0.3 is 0 Å². The SMILES string of the molecule is OC(CC1CCCC1)c1ccc(F)cc1F. The summed E-state index contributed by atoms with van der Waals surface area (Å²) in [5.41, 5.74) is 0.216. The Morgan fingerprint density at radius 3 is 2.56 bits per heavy atom. The largest absolute Gasteiger partial charge is 0.388 e. The molecule has 0 saturated heterocycles. The molecular weight excluding hydrogens is 210 g/mol. The van der Waals surface area contributed by atoms with E-state index in [1.807, 2.05) is 0 Å². The molecule has 2 rings (SSSR count). The molecule has 1 aliphatic carbocycles. The molecule has 1 N–H and O–H groups in total. The van der Waals surface area contributed by atoms with Crippen LogP contribution in [0.3, 0.4) is 0 Å². The van der Waals surface area contributed by atoms with Gasteiger partial charge in [0.1, 0.15) is 11.6 Å². The van der Waals surface area contributed by atoms with E-state index < -0.39 is 17.7 Å². The van der Waals surface area contributed by atoms with Gasteiger partial charge in [-0.05, 0) is 18.4 Å². The lowest BCUT2D eigenvalue weighted by Crippen LogP contribution is -2.06. The number of benzene rings is 1. The van der Waals surface area contributed by atoms with Crippen molar-refractivity contribution in [1.29, 1.82) is 0 Å². The van der Waals surface area contributed by atoms with Gasteiger partial charge in [-0.25, -0.2) is 8.78 Å². The molecule has 1 aliphatic rings. The van der Waals surface area contributed by atoms with Crippen LogP contribution in [0.1, 0.15) is 43.8 Å². The summed E-state index contributed by atoms with van der Waals surface area (Å²) in [6.45, 7) is 0. The molecule has 1 atom stereocenters. The summed E-state index contributed by atoms with van der Waals surface area (Å²) in [7, 11) is 0. The highest BCUT2D eigenvalue weighted by Crippen LogP contribution is 2.33. The zero-order valence-electron chi connectivity index (χ0n) is 9.13. The first-order valence-corrected chi connectivity index (χ1v) is 5.80. The molecular formula is C13H16F2O. The van der Waals surface area contributed by atoms with E-state index in [0.717, 1.165) is 18.9 Å². The van der Waals surface area contributed by atoms with E-state index in [9.17, 15) is 13.9 Å². The summed E-state index contributed by atoms with van der Waals surface area (Å²) >= 11 is 0. The Balaban J connectivity index is 2.04. The number of hydrogen-bond donors (Lipinski definition) is 1. The van der Waals surface area contributed by atoms with Crippen molar-refractivity contribution in [3.8, 4) is 0 Å². The van der Waals surface area contributed by atoms with Gasteiger partial charge in [0.15, 0.2) is 0 Å². The van der Waals surface area contributed by atoms with Crippen LogP contribution in [-0.2, 0) is 0 Å². The lowest BCUT2D eigenvalue weighted by molar-refractivity contribution is 0.140. The minimum absolute atomic E-state index is 0.216. The minimum Gasteiger partial charge on any atom is -0.388 e. The van der Waals surface area contributed by atoms with Crippen LogP contribution in [0.4, 0.5) is 8.78 Å². The molecule has 0 aromatic heterocycles. The maximum absolute atomic E-state index is 13.4. The van der Waals surface area contributed by atoms with Crippen LogP contribution in [0, 0.1) is 17.6 Å². The van der Waals surface area contributed by atoms with E-state index in [1.165, 1.54) is 25.0 Å². The van der Waals surface area contributed by atoms with Gasteiger partial charge in [-0.3, -0.25) is 0 Å². The first kappa shape index (κ1) is 11.5. The molecule has 0 aliphatic heterocycles. The smallest absolute Gasteiger partial charge is 0.131 e. The van der Waals surface area contributed by atoms with Crippen molar-refractivity contribution in [3.63, 3.8) is 0 Å². The first-order chi connectivity index (χ1) is 7.66. The predicted octanol–water partition coefficient (Wildman–Crippen LogP) is 3.58. The second-order valence-electron chi connectivity index (χ2n) is 4.57. The van der Waals surface area contributed by atoms with Gasteiger partial charge in [-0.2, -0.15) is 0 Å². The molecule has 1 fully saturated rings. The third-order valence-electron chi connectivity index (χ3n) is 3.35. The third-order valence-corrected chi connectivity index (χ3v) is 3.35. The molecule has 0 amide bonds. The van der Waals surface area contributed by atoms with E-state index in [1.54, 1.807) is 0 Å². The maximum Gasteiger partial charge on any atom is 0.131 e. The fourth-order valence-electron chi connectivity index (χ4n) is 2.46. The Morgan fingerprint density at radius 1 is 1.25 bits per heavy atom. The van der Waals surface area contributed by atoms with Crippen molar-refractivity contribution in [3.05, 3.63) is 35.4 Å². The summed E-state index contributed by atoms with van der Waals surface area (Å²) in [5.74, 6) is -0.765. The van der Waals surface area contributed by atoms with Crippen LogP contribution in [0.5, 0.6) is 0 Å². The van der Waals surface area contributed by atoms with Crippen molar-refractivity contribution in [2.75, 3.05) is 0 Å². The van der Waals surface area contributed by atoms with E-state index in [2.05, 4.69) is 0 Å². The van der Waals surface area contributed by atoms with Crippen molar-refractivity contribution in [2.24, 2.45) is 5.92 Å². The Labute approximate surface area is 94.1 Å². The zero-order chi connectivity index (χ0) is 11.5. The molecule has 0 radical (unpaired) electrons. The van der Waals surface area contributed by atoms with Gasteiger partial charge in [0, 0.05) is 11.6 Å². The van der Waals surface area contributed by atoms with Crippen LogP contribution < -0.4 is 0 Å². The molecule has 0 spiro atoms. The molecule has 1 aromatic carbocycles. The first-order valence-electron chi connectivity index (χ1n) is 5.80. The summed E-state index contributed by atoms with van der Waals surface area (Å²) < 4.78 is 26.1. The highest BCUT2D eigenvalue weighted by molar-refractivity contribution is 5.20. The Hall–Kier alpha value is -0.960. The lowest BCUT2D eigenvalue weighted by Gasteiger charge is -2.16. The molecule has 1 saturated carbocycles.